The van der Waals surface area contributed by atoms with Crippen LogP contribution in [0.15, 0.2) is 12.2 Å². The Labute approximate surface area is 79.1 Å². The van der Waals surface area contributed by atoms with Crippen LogP contribution in [0.2, 0.25) is 6.04 Å². The standard InChI is InChI=1S/C9H22N2Si/c1-6-7-8-12-9(10(2)3)11(4)5/h6-7,9H,8,12H2,1-5H3. The minimum Gasteiger partial charge on any atom is -0.297 e. The Hall–Kier alpha value is -0.123. The molecule has 0 saturated heterocycles. The summed E-state index contributed by atoms with van der Waals surface area (Å²) in [6.07, 6.45) is 4.43. The minimum atomic E-state index is -0.0156. The van der Waals surface area contributed by atoms with Crippen molar-refractivity contribution in [2.45, 2.75) is 18.8 Å². The molecule has 12 heavy (non-hydrogen) atoms. The molecule has 0 heterocycles. The molecule has 0 aromatic heterocycles. The van der Waals surface area contributed by atoms with Crippen LogP contribution in [-0.4, -0.2) is 53.3 Å². The maximum atomic E-state index is 2.32. The molecule has 0 unspecified atom stereocenters. The van der Waals surface area contributed by atoms with E-state index in [1.54, 1.807) is 0 Å². The van der Waals surface area contributed by atoms with Crippen molar-refractivity contribution < 1.29 is 0 Å². The van der Waals surface area contributed by atoms with Gasteiger partial charge in [-0.25, -0.2) is 0 Å². The van der Waals surface area contributed by atoms with Gasteiger partial charge in [-0.2, -0.15) is 0 Å². The Kier molecular flexibility index (Phi) is 6.33. The Balaban J connectivity index is 3.79. The molecule has 2 nitrogen and oxygen atoms in total. The third-order valence-corrected chi connectivity index (χ3v) is 4.66. The van der Waals surface area contributed by atoms with E-state index < -0.39 is 0 Å². The predicted octanol–water partition coefficient (Wildman–Crippen LogP) is 0.556. The van der Waals surface area contributed by atoms with Crippen LogP contribution in [0.4, 0.5) is 0 Å². The summed E-state index contributed by atoms with van der Waals surface area (Å²) in [5.74, 6) is 0.696. The van der Waals surface area contributed by atoms with Crippen LogP contribution < -0.4 is 0 Å². The molecule has 0 N–H and O–H groups in total. The largest absolute Gasteiger partial charge is 0.297 e. The molecule has 0 saturated carbocycles. The molecule has 0 radical (unpaired) electrons. The lowest BCUT2D eigenvalue weighted by molar-refractivity contribution is 0.200. The summed E-state index contributed by atoms with van der Waals surface area (Å²) in [4.78, 5) is 4.63. The summed E-state index contributed by atoms with van der Waals surface area (Å²) < 4.78 is 0. The van der Waals surface area contributed by atoms with E-state index in [1.165, 1.54) is 6.04 Å². The first-order chi connectivity index (χ1) is 5.59. The van der Waals surface area contributed by atoms with Gasteiger partial charge < -0.3 is 0 Å². The first-order valence-electron chi connectivity index (χ1n) is 4.53. The fraction of sp³-hybridized carbons (Fsp3) is 0.778. The number of hydrogen-bond acceptors (Lipinski definition) is 2. The summed E-state index contributed by atoms with van der Waals surface area (Å²) in [6.45, 7) is 2.09. The van der Waals surface area contributed by atoms with Gasteiger partial charge in [0.15, 0.2) is 0 Å². The van der Waals surface area contributed by atoms with E-state index in [-0.39, 0.29) is 9.52 Å². The molecule has 0 aromatic rings. The second kappa shape index (κ2) is 6.40. The zero-order chi connectivity index (χ0) is 9.56. The van der Waals surface area contributed by atoms with Crippen molar-refractivity contribution in [3.63, 3.8) is 0 Å². The van der Waals surface area contributed by atoms with Gasteiger partial charge in [-0.1, -0.05) is 12.2 Å². The predicted molar refractivity (Wildman–Crippen MR) is 59.3 cm³/mol. The Bertz CT molecular complexity index is 124. The second-order valence-corrected chi connectivity index (χ2v) is 5.44. The topological polar surface area (TPSA) is 6.48 Å². The molecule has 3 heteroatoms. The lowest BCUT2D eigenvalue weighted by Gasteiger charge is -2.30. The number of nitrogens with zero attached hydrogens (tertiary/aromatic N) is 2. The molecule has 0 rings (SSSR count). The normalized spacial score (nSPS) is 13.7. The van der Waals surface area contributed by atoms with Crippen LogP contribution in [0, 0.1) is 0 Å². The summed E-state index contributed by atoms with van der Waals surface area (Å²) in [5, 5.41) is 0. The molecule has 0 aliphatic carbocycles. The van der Waals surface area contributed by atoms with Crippen LogP contribution in [0.3, 0.4) is 0 Å². The van der Waals surface area contributed by atoms with Crippen molar-refractivity contribution >= 4 is 9.52 Å². The highest BCUT2D eigenvalue weighted by Crippen LogP contribution is 1.98. The molecule has 0 spiro atoms. The zero-order valence-corrected chi connectivity index (χ0v) is 10.5. The molecular weight excluding hydrogens is 164 g/mol. The molecule has 0 aliphatic rings. The fourth-order valence-electron chi connectivity index (χ4n) is 1.39. The molecule has 0 fully saturated rings. The van der Waals surface area contributed by atoms with Gasteiger partial charge in [0.25, 0.3) is 0 Å². The monoisotopic (exact) mass is 186 g/mol. The highest BCUT2D eigenvalue weighted by Gasteiger charge is 2.11. The average Bonchev–Trinajstić information content (AvgIpc) is 1.96. The van der Waals surface area contributed by atoms with Crippen LogP contribution in [0.5, 0.6) is 0 Å². The lowest BCUT2D eigenvalue weighted by Crippen LogP contribution is -2.44. The van der Waals surface area contributed by atoms with Crippen molar-refractivity contribution in [1.29, 1.82) is 0 Å². The maximum Gasteiger partial charge on any atom is 0.0629 e. The molecule has 0 atom stereocenters. The van der Waals surface area contributed by atoms with Gasteiger partial charge in [-0.05, 0) is 41.2 Å². The summed E-state index contributed by atoms with van der Waals surface area (Å²) in [5.41, 5.74) is 0. The second-order valence-electron chi connectivity index (χ2n) is 3.55. The third kappa shape index (κ3) is 4.69. The Morgan fingerprint density at radius 3 is 2.00 bits per heavy atom. The smallest absolute Gasteiger partial charge is 0.0629 e. The highest BCUT2D eigenvalue weighted by atomic mass is 28.2. The quantitative estimate of drug-likeness (QED) is 0.352. The van der Waals surface area contributed by atoms with E-state index in [0.29, 0.717) is 5.79 Å². The number of rotatable bonds is 5. The summed E-state index contributed by atoms with van der Waals surface area (Å²) >= 11 is 0. The zero-order valence-electron chi connectivity index (χ0n) is 9.04. The molecule has 0 amide bonds. The maximum absolute atomic E-state index is 2.32. The van der Waals surface area contributed by atoms with Crippen molar-refractivity contribution in [3.8, 4) is 0 Å². The van der Waals surface area contributed by atoms with Crippen LogP contribution in [0.25, 0.3) is 0 Å². The van der Waals surface area contributed by atoms with Gasteiger partial charge >= 0.3 is 0 Å². The average molecular weight is 186 g/mol. The SMILES string of the molecule is CC=CC[SiH2]C(N(C)C)N(C)C. The third-order valence-electron chi connectivity index (χ3n) is 2.02. The van der Waals surface area contributed by atoms with Crippen molar-refractivity contribution in [1.82, 2.24) is 9.80 Å². The Morgan fingerprint density at radius 1 is 1.17 bits per heavy atom. The van der Waals surface area contributed by atoms with Gasteiger partial charge in [0.1, 0.15) is 0 Å². The van der Waals surface area contributed by atoms with Crippen molar-refractivity contribution in [2.75, 3.05) is 28.2 Å². The van der Waals surface area contributed by atoms with Gasteiger partial charge in [0.05, 0.1) is 9.52 Å². The minimum absolute atomic E-state index is 0.0156. The van der Waals surface area contributed by atoms with E-state index in [2.05, 4.69) is 57.1 Å². The van der Waals surface area contributed by atoms with Crippen molar-refractivity contribution in [2.24, 2.45) is 0 Å². The van der Waals surface area contributed by atoms with Crippen molar-refractivity contribution in [3.05, 3.63) is 12.2 Å². The van der Waals surface area contributed by atoms with E-state index in [9.17, 15) is 0 Å². The number of allylic oxidation sites excluding steroid dienone is 2. The highest BCUT2D eigenvalue weighted by molar-refractivity contribution is 6.38. The molecule has 0 aliphatic heterocycles. The molecule has 72 valence electrons. The van der Waals surface area contributed by atoms with Crippen LogP contribution in [-0.2, 0) is 0 Å². The van der Waals surface area contributed by atoms with Gasteiger partial charge in [-0.3, -0.25) is 9.80 Å². The summed E-state index contributed by atoms with van der Waals surface area (Å²) in [7, 11) is 8.62. The van der Waals surface area contributed by atoms with E-state index in [0.717, 1.165) is 0 Å². The first-order valence-corrected chi connectivity index (χ1v) is 6.35. The van der Waals surface area contributed by atoms with E-state index in [4.69, 9.17) is 0 Å². The van der Waals surface area contributed by atoms with Gasteiger partial charge in [-0.15, -0.1) is 0 Å². The van der Waals surface area contributed by atoms with Gasteiger partial charge in [0.2, 0.25) is 0 Å². The molecule has 0 aromatic carbocycles. The first kappa shape index (κ1) is 11.9. The van der Waals surface area contributed by atoms with Crippen LogP contribution in [0.1, 0.15) is 6.92 Å². The molecular formula is C9H22N2Si. The summed E-state index contributed by atoms with van der Waals surface area (Å²) in [6, 6.07) is 1.30. The van der Waals surface area contributed by atoms with Crippen LogP contribution >= 0.6 is 0 Å². The molecule has 0 bridgehead atoms. The fourth-order valence-corrected chi connectivity index (χ4v) is 3.25. The van der Waals surface area contributed by atoms with E-state index in [1.807, 2.05) is 0 Å². The van der Waals surface area contributed by atoms with Gasteiger partial charge in [0, 0.05) is 5.79 Å². The Morgan fingerprint density at radius 2 is 1.67 bits per heavy atom. The lowest BCUT2D eigenvalue weighted by atomic mass is 10.6. The number of hydrogen-bond donors (Lipinski definition) is 0. The van der Waals surface area contributed by atoms with E-state index >= 15 is 0 Å².